The third kappa shape index (κ3) is 23.5. The van der Waals surface area contributed by atoms with Crippen LogP contribution in [0.4, 0.5) is 4.79 Å². The average molecular weight is 528 g/mol. The Kier molecular flexibility index (Phi) is 25.4. The number of unbranched alkanes of at least 4 members (excludes halogenated alkanes) is 10. The first-order valence-corrected chi connectivity index (χ1v) is 15.6. The lowest BCUT2D eigenvalue weighted by Gasteiger charge is -2.18. The molecule has 0 aromatic carbocycles. The molecule has 0 bridgehead atoms. The number of rotatable bonds is 26. The molecule has 0 rings (SSSR count). The number of nitrogens with zero attached hydrogens (tertiary/aromatic N) is 1. The van der Waals surface area contributed by atoms with Gasteiger partial charge in [-0.05, 0) is 38.3 Å². The predicted octanol–water partition coefficient (Wildman–Crippen LogP) is 8.56. The second kappa shape index (κ2) is 26.3. The zero-order valence-electron chi connectivity index (χ0n) is 25.2. The Morgan fingerprint density at radius 1 is 0.649 bits per heavy atom. The van der Waals surface area contributed by atoms with Crippen LogP contribution in [0.1, 0.15) is 137 Å². The van der Waals surface area contributed by atoms with Crippen molar-refractivity contribution in [3.63, 3.8) is 0 Å². The van der Waals surface area contributed by atoms with Crippen LogP contribution in [0, 0.1) is 11.8 Å². The van der Waals surface area contributed by atoms with Gasteiger partial charge in [-0.1, -0.05) is 112 Å². The van der Waals surface area contributed by atoms with Gasteiger partial charge < -0.3 is 19.1 Å². The zero-order valence-corrected chi connectivity index (χ0v) is 25.2. The van der Waals surface area contributed by atoms with Crippen molar-refractivity contribution >= 4 is 12.1 Å². The Morgan fingerprint density at radius 2 is 1.16 bits per heavy atom. The van der Waals surface area contributed by atoms with E-state index in [0.717, 1.165) is 38.9 Å². The number of hydrogen-bond donors (Lipinski definition) is 0. The molecule has 0 aromatic rings. The van der Waals surface area contributed by atoms with Gasteiger partial charge in [-0.2, -0.15) is 0 Å². The fourth-order valence-corrected chi connectivity index (χ4v) is 4.59. The van der Waals surface area contributed by atoms with Gasteiger partial charge in [0, 0.05) is 18.9 Å². The Morgan fingerprint density at radius 3 is 1.70 bits per heavy atom. The van der Waals surface area contributed by atoms with E-state index in [1.807, 2.05) is 6.92 Å². The van der Waals surface area contributed by atoms with Crippen molar-refractivity contribution in [1.82, 2.24) is 4.90 Å². The van der Waals surface area contributed by atoms with Gasteiger partial charge in [0.05, 0.1) is 13.2 Å². The molecule has 0 aliphatic heterocycles. The first-order valence-electron chi connectivity index (χ1n) is 15.6. The molecule has 0 aliphatic rings. The molecule has 0 aromatic heterocycles. The van der Waals surface area contributed by atoms with Gasteiger partial charge in [0.15, 0.2) is 0 Å². The van der Waals surface area contributed by atoms with Crippen LogP contribution in [0.15, 0.2) is 0 Å². The van der Waals surface area contributed by atoms with Crippen LogP contribution in [0.25, 0.3) is 0 Å². The van der Waals surface area contributed by atoms with E-state index in [1.54, 1.807) is 0 Å². The molecule has 0 fully saturated rings. The quantitative estimate of drug-likeness (QED) is 0.0829. The Hall–Kier alpha value is -1.30. The highest BCUT2D eigenvalue weighted by Crippen LogP contribution is 2.23. The first kappa shape index (κ1) is 35.7. The highest BCUT2D eigenvalue weighted by molar-refractivity contribution is 5.69. The summed E-state index contributed by atoms with van der Waals surface area (Å²) in [6.45, 7) is 14.4. The van der Waals surface area contributed by atoms with E-state index < -0.39 is 6.16 Å². The van der Waals surface area contributed by atoms with E-state index in [4.69, 9.17) is 14.2 Å². The maximum atomic E-state index is 12.6. The van der Waals surface area contributed by atoms with Gasteiger partial charge in [-0.3, -0.25) is 4.79 Å². The number of esters is 1. The van der Waals surface area contributed by atoms with Crippen molar-refractivity contribution < 1.29 is 23.8 Å². The molecule has 1 unspecified atom stereocenters. The van der Waals surface area contributed by atoms with Crippen LogP contribution in [-0.2, 0) is 19.0 Å². The molecule has 0 radical (unpaired) electrons. The zero-order chi connectivity index (χ0) is 27.6. The Bertz CT molecular complexity index is 508. The fraction of sp³-hybridized carbons (Fsp3) is 0.935. The summed E-state index contributed by atoms with van der Waals surface area (Å²) < 4.78 is 15.9. The van der Waals surface area contributed by atoms with Crippen LogP contribution in [0.2, 0.25) is 0 Å². The van der Waals surface area contributed by atoms with Crippen LogP contribution in [0.3, 0.4) is 0 Å². The van der Waals surface area contributed by atoms with Crippen molar-refractivity contribution in [2.45, 2.75) is 137 Å². The molecule has 37 heavy (non-hydrogen) atoms. The summed E-state index contributed by atoms with van der Waals surface area (Å²) in [6.07, 6.45) is 18.3. The molecule has 0 heterocycles. The van der Waals surface area contributed by atoms with Crippen LogP contribution >= 0.6 is 0 Å². The van der Waals surface area contributed by atoms with Gasteiger partial charge in [0.2, 0.25) is 0 Å². The summed E-state index contributed by atoms with van der Waals surface area (Å²) in [5.41, 5.74) is 0. The topological polar surface area (TPSA) is 65.1 Å². The molecule has 0 amide bonds. The van der Waals surface area contributed by atoms with Gasteiger partial charge >= 0.3 is 12.1 Å². The summed E-state index contributed by atoms with van der Waals surface area (Å²) in [7, 11) is 0. The standard InChI is InChI=1S/C31H61NO5/c1-6-10-12-14-16-18-21-29(22-19-17-15-13-11-7-2)25-30(33)36-26-28(5)27-37-31(34)35-24-20-23-32(8-3)9-4/h28-29H,6-27H2,1-5H3. The number of ether oxygens (including phenoxy) is 3. The maximum Gasteiger partial charge on any atom is 0.508 e. The molecule has 0 N–H and O–H groups in total. The minimum atomic E-state index is -0.643. The highest BCUT2D eigenvalue weighted by atomic mass is 16.7. The molecule has 220 valence electrons. The van der Waals surface area contributed by atoms with Gasteiger partial charge in [-0.15, -0.1) is 0 Å². The molecular weight excluding hydrogens is 466 g/mol. The first-order chi connectivity index (χ1) is 18.0. The van der Waals surface area contributed by atoms with Crippen molar-refractivity contribution in [2.24, 2.45) is 11.8 Å². The normalized spacial score (nSPS) is 12.2. The SMILES string of the molecule is CCCCCCCCC(CCCCCCCC)CC(=O)OCC(C)COC(=O)OCCCN(CC)CC. The Balaban J connectivity index is 4.19. The molecule has 0 saturated carbocycles. The van der Waals surface area contributed by atoms with Gasteiger partial charge in [0.25, 0.3) is 0 Å². The fourth-order valence-electron chi connectivity index (χ4n) is 4.59. The Labute approximate surface area is 229 Å². The second-order valence-corrected chi connectivity index (χ2v) is 10.8. The lowest BCUT2D eigenvalue weighted by Crippen LogP contribution is -2.25. The second-order valence-electron chi connectivity index (χ2n) is 10.8. The van der Waals surface area contributed by atoms with Crippen molar-refractivity contribution in [3.05, 3.63) is 0 Å². The summed E-state index contributed by atoms with van der Waals surface area (Å²) in [5, 5.41) is 0. The number of hydrogen-bond acceptors (Lipinski definition) is 6. The van der Waals surface area contributed by atoms with Gasteiger partial charge in [-0.25, -0.2) is 4.79 Å². The van der Waals surface area contributed by atoms with E-state index in [-0.39, 0.29) is 25.1 Å². The summed E-state index contributed by atoms with van der Waals surface area (Å²) in [6, 6.07) is 0. The lowest BCUT2D eigenvalue weighted by atomic mass is 9.91. The molecule has 6 heteroatoms. The van der Waals surface area contributed by atoms with Crippen LogP contribution in [-0.4, -0.2) is 56.5 Å². The highest BCUT2D eigenvalue weighted by Gasteiger charge is 2.17. The van der Waals surface area contributed by atoms with Gasteiger partial charge in [0.1, 0.15) is 6.61 Å². The monoisotopic (exact) mass is 527 g/mol. The van der Waals surface area contributed by atoms with Crippen LogP contribution < -0.4 is 0 Å². The molecule has 0 spiro atoms. The minimum absolute atomic E-state index is 0.0530. The third-order valence-corrected chi connectivity index (χ3v) is 7.13. The maximum absolute atomic E-state index is 12.6. The summed E-state index contributed by atoms with van der Waals surface area (Å²) in [4.78, 5) is 26.7. The van der Waals surface area contributed by atoms with Crippen molar-refractivity contribution in [2.75, 3.05) is 39.5 Å². The van der Waals surface area contributed by atoms with E-state index in [1.165, 1.54) is 77.0 Å². The minimum Gasteiger partial charge on any atom is -0.465 e. The molecule has 0 aliphatic carbocycles. The average Bonchev–Trinajstić information content (AvgIpc) is 2.90. The lowest BCUT2D eigenvalue weighted by molar-refractivity contribution is -0.146. The van der Waals surface area contributed by atoms with E-state index in [0.29, 0.717) is 18.9 Å². The third-order valence-electron chi connectivity index (χ3n) is 7.13. The van der Waals surface area contributed by atoms with E-state index >= 15 is 0 Å². The van der Waals surface area contributed by atoms with E-state index in [9.17, 15) is 9.59 Å². The largest absolute Gasteiger partial charge is 0.508 e. The molecule has 1 atom stereocenters. The van der Waals surface area contributed by atoms with Crippen molar-refractivity contribution in [3.8, 4) is 0 Å². The smallest absolute Gasteiger partial charge is 0.465 e. The molecule has 0 saturated heterocycles. The number of carbonyl (C=O) groups is 2. The van der Waals surface area contributed by atoms with Crippen molar-refractivity contribution in [1.29, 1.82) is 0 Å². The summed E-state index contributed by atoms with van der Waals surface area (Å²) >= 11 is 0. The number of carbonyl (C=O) groups excluding carboxylic acids is 2. The van der Waals surface area contributed by atoms with Crippen LogP contribution in [0.5, 0.6) is 0 Å². The molecular formula is C31H61NO5. The summed E-state index contributed by atoms with van der Waals surface area (Å²) in [5.74, 6) is 0.248. The predicted molar refractivity (Wildman–Crippen MR) is 154 cm³/mol. The van der Waals surface area contributed by atoms with E-state index in [2.05, 4.69) is 32.6 Å². The molecule has 6 nitrogen and oxygen atoms in total.